The third-order valence-electron chi connectivity index (χ3n) is 3.39. The van der Waals surface area contributed by atoms with Gasteiger partial charge in [0.25, 0.3) is 0 Å². The van der Waals surface area contributed by atoms with Gasteiger partial charge < -0.3 is 20.5 Å². The number of carbonyl (C=O) groups excluding carboxylic acids is 1. The largest absolute Gasteiger partial charge is 0.497 e. The van der Waals surface area contributed by atoms with Crippen molar-refractivity contribution in [2.24, 2.45) is 5.73 Å². The highest BCUT2D eigenvalue weighted by molar-refractivity contribution is 7.98. The molecule has 3 N–H and O–H groups in total. The summed E-state index contributed by atoms with van der Waals surface area (Å²) >= 11 is 3.01. The van der Waals surface area contributed by atoms with E-state index in [1.807, 2.05) is 29.8 Å². The van der Waals surface area contributed by atoms with E-state index in [1.54, 1.807) is 26.0 Å². The minimum Gasteiger partial charge on any atom is -0.497 e. The van der Waals surface area contributed by atoms with Crippen LogP contribution in [0.1, 0.15) is 6.42 Å². The van der Waals surface area contributed by atoms with E-state index in [1.165, 1.54) is 11.3 Å². The Bertz CT molecular complexity index is 697. The number of aromatic nitrogens is 1. The summed E-state index contributed by atoms with van der Waals surface area (Å²) in [5.41, 5.74) is 7.39. The molecule has 0 bridgehead atoms. The smallest absolute Gasteiger partial charge is 0.243 e. The first kappa shape index (κ1) is 21.6. The van der Waals surface area contributed by atoms with E-state index >= 15 is 0 Å². The molecule has 0 fully saturated rings. The Balaban J connectivity index is 0.00000312. The Labute approximate surface area is 161 Å². The van der Waals surface area contributed by atoms with E-state index in [0.717, 1.165) is 11.3 Å². The lowest BCUT2D eigenvalue weighted by Gasteiger charge is -2.10. The van der Waals surface area contributed by atoms with E-state index in [9.17, 15) is 4.79 Å². The third-order valence-corrected chi connectivity index (χ3v) is 4.79. The van der Waals surface area contributed by atoms with Crippen LogP contribution in [0, 0.1) is 0 Å². The quantitative estimate of drug-likeness (QED) is 0.703. The number of thiazole rings is 1. The van der Waals surface area contributed by atoms with Gasteiger partial charge in [0.05, 0.1) is 26.0 Å². The molecule has 1 heterocycles. The van der Waals surface area contributed by atoms with Crippen molar-refractivity contribution in [3.8, 4) is 22.8 Å². The predicted molar refractivity (Wildman–Crippen MR) is 108 cm³/mol. The van der Waals surface area contributed by atoms with E-state index < -0.39 is 6.04 Å². The predicted octanol–water partition coefficient (Wildman–Crippen LogP) is 3.27. The minimum atomic E-state index is -0.531. The number of carbonyl (C=O) groups is 1. The summed E-state index contributed by atoms with van der Waals surface area (Å²) in [6.45, 7) is 0. The van der Waals surface area contributed by atoms with Gasteiger partial charge >= 0.3 is 0 Å². The molecular formula is C16H22ClN3O3S2. The highest BCUT2D eigenvalue weighted by Gasteiger charge is 2.16. The van der Waals surface area contributed by atoms with Crippen LogP contribution in [0.4, 0.5) is 5.13 Å². The molecule has 0 radical (unpaired) electrons. The molecule has 0 spiro atoms. The Morgan fingerprint density at radius 1 is 1.40 bits per heavy atom. The van der Waals surface area contributed by atoms with Crippen molar-refractivity contribution < 1.29 is 14.3 Å². The second-order valence-corrected chi connectivity index (χ2v) is 6.83. The fourth-order valence-corrected chi connectivity index (χ4v) is 3.25. The fourth-order valence-electron chi connectivity index (χ4n) is 2.04. The third kappa shape index (κ3) is 5.78. The summed E-state index contributed by atoms with van der Waals surface area (Å²) in [5, 5.41) is 5.14. The zero-order valence-electron chi connectivity index (χ0n) is 14.3. The molecule has 2 aromatic rings. The number of amides is 1. The van der Waals surface area contributed by atoms with Crippen molar-refractivity contribution in [1.82, 2.24) is 4.98 Å². The molecule has 25 heavy (non-hydrogen) atoms. The van der Waals surface area contributed by atoms with Gasteiger partial charge in [-0.05, 0) is 36.6 Å². The molecule has 1 amide bonds. The SMILES string of the molecule is COc1ccc(OC)c(-c2csc(NC(=O)C(N)CCSC)n2)c1.Cl. The number of hydrogen-bond acceptors (Lipinski definition) is 7. The molecule has 0 saturated carbocycles. The number of hydrogen-bond donors (Lipinski definition) is 2. The summed E-state index contributed by atoms with van der Waals surface area (Å²) in [5.74, 6) is 2.03. The van der Waals surface area contributed by atoms with Gasteiger partial charge in [-0.15, -0.1) is 23.7 Å². The Morgan fingerprint density at radius 3 is 2.80 bits per heavy atom. The maximum absolute atomic E-state index is 12.1. The molecule has 1 aromatic carbocycles. The number of nitrogens with one attached hydrogen (secondary N) is 1. The van der Waals surface area contributed by atoms with Crippen LogP contribution >= 0.6 is 35.5 Å². The van der Waals surface area contributed by atoms with Gasteiger partial charge in [-0.25, -0.2) is 4.98 Å². The molecule has 0 saturated heterocycles. The van der Waals surface area contributed by atoms with Gasteiger partial charge in [-0.2, -0.15) is 11.8 Å². The van der Waals surface area contributed by atoms with Crippen LogP contribution in [0.3, 0.4) is 0 Å². The van der Waals surface area contributed by atoms with Crippen LogP contribution in [0.15, 0.2) is 23.6 Å². The summed E-state index contributed by atoms with van der Waals surface area (Å²) in [4.78, 5) is 16.5. The van der Waals surface area contributed by atoms with Crippen LogP contribution in [0.25, 0.3) is 11.3 Å². The molecule has 1 atom stereocenters. The van der Waals surface area contributed by atoms with Crippen molar-refractivity contribution in [2.45, 2.75) is 12.5 Å². The number of halogens is 1. The van der Waals surface area contributed by atoms with E-state index in [0.29, 0.717) is 28.7 Å². The monoisotopic (exact) mass is 403 g/mol. The van der Waals surface area contributed by atoms with Crippen molar-refractivity contribution in [2.75, 3.05) is 31.5 Å². The first-order valence-corrected chi connectivity index (χ1v) is 9.59. The summed E-state index contributed by atoms with van der Waals surface area (Å²) in [6, 6.07) is 4.96. The van der Waals surface area contributed by atoms with Crippen molar-refractivity contribution in [1.29, 1.82) is 0 Å². The summed E-state index contributed by atoms with van der Waals surface area (Å²) in [6.07, 6.45) is 2.62. The Kier molecular flexibility index (Phi) is 9.05. The average molecular weight is 404 g/mol. The number of thioether (sulfide) groups is 1. The van der Waals surface area contributed by atoms with Crippen molar-refractivity contribution >= 4 is 46.5 Å². The van der Waals surface area contributed by atoms with E-state index in [2.05, 4.69) is 10.3 Å². The number of nitrogens with zero attached hydrogens (tertiary/aromatic N) is 1. The van der Waals surface area contributed by atoms with Crippen molar-refractivity contribution in [3.63, 3.8) is 0 Å². The van der Waals surface area contributed by atoms with Gasteiger partial charge in [0.15, 0.2) is 5.13 Å². The molecule has 2 rings (SSSR count). The molecule has 0 aliphatic heterocycles. The standard InChI is InChI=1S/C16H21N3O3S2.ClH/c1-21-10-4-5-14(22-2)11(8-10)13-9-24-16(18-13)19-15(20)12(17)6-7-23-3;/h4-5,8-9,12H,6-7,17H2,1-3H3,(H,18,19,20);1H. The Hall–Kier alpha value is -1.48. The zero-order chi connectivity index (χ0) is 17.5. The van der Waals surface area contributed by atoms with E-state index in [-0.39, 0.29) is 18.3 Å². The number of ether oxygens (including phenoxy) is 2. The number of anilines is 1. The van der Waals surface area contributed by atoms with E-state index in [4.69, 9.17) is 15.2 Å². The van der Waals surface area contributed by atoms with Crippen molar-refractivity contribution in [3.05, 3.63) is 23.6 Å². The van der Waals surface area contributed by atoms with Gasteiger partial charge in [0, 0.05) is 10.9 Å². The summed E-state index contributed by atoms with van der Waals surface area (Å²) in [7, 11) is 3.21. The number of rotatable bonds is 8. The normalized spacial score (nSPS) is 11.4. The van der Waals surface area contributed by atoms with Gasteiger partial charge in [0.1, 0.15) is 11.5 Å². The Morgan fingerprint density at radius 2 is 2.16 bits per heavy atom. The molecule has 1 aromatic heterocycles. The maximum atomic E-state index is 12.1. The highest BCUT2D eigenvalue weighted by atomic mass is 35.5. The van der Waals surface area contributed by atoms with Crippen LogP contribution in [-0.4, -0.2) is 43.2 Å². The first-order chi connectivity index (χ1) is 11.6. The number of benzene rings is 1. The molecule has 138 valence electrons. The molecule has 6 nitrogen and oxygen atoms in total. The lowest BCUT2D eigenvalue weighted by Crippen LogP contribution is -2.36. The highest BCUT2D eigenvalue weighted by Crippen LogP contribution is 2.35. The van der Waals surface area contributed by atoms with Gasteiger partial charge in [-0.3, -0.25) is 4.79 Å². The number of methoxy groups -OCH3 is 2. The first-order valence-electron chi connectivity index (χ1n) is 7.32. The minimum absolute atomic E-state index is 0. The molecule has 9 heteroatoms. The van der Waals surface area contributed by atoms with Crippen LogP contribution in [-0.2, 0) is 4.79 Å². The average Bonchev–Trinajstić information content (AvgIpc) is 3.07. The molecule has 1 unspecified atom stereocenters. The lowest BCUT2D eigenvalue weighted by molar-refractivity contribution is -0.117. The second-order valence-electron chi connectivity index (χ2n) is 4.98. The second kappa shape index (κ2) is 10.5. The lowest BCUT2D eigenvalue weighted by atomic mass is 10.1. The van der Waals surface area contributed by atoms with Crippen LogP contribution < -0.4 is 20.5 Å². The maximum Gasteiger partial charge on any atom is 0.243 e. The summed E-state index contributed by atoms with van der Waals surface area (Å²) < 4.78 is 10.6. The molecular weight excluding hydrogens is 382 g/mol. The number of nitrogens with two attached hydrogens (primary N) is 1. The molecule has 0 aliphatic carbocycles. The molecule has 0 aliphatic rings. The zero-order valence-corrected chi connectivity index (χ0v) is 16.7. The van der Waals surface area contributed by atoms with Crippen LogP contribution in [0.5, 0.6) is 11.5 Å². The topological polar surface area (TPSA) is 86.5 Å². The fraction of sp³-hybridized carbons (Fsp3) is 0.375. The van der Waals surface area contributed by atoms with Gasteiger partial charge in [-0.1, -0.05) is 0 Å². The van der Waals surface area contributed by atoms with Gasteiger partial charge in [0.2, 0.25) is 5.91 Å². The van der Waals surface area contributed by atoms with Crippen LogP contribution in [0.2, 0.25) is 0 Å².